The monoisotopic (exact) mass is 194 g/mol. The summed E-state index contributed by atoms with van der Waals surface area (Å²) >= 11 is 0. The molecule has 3 aliphatic heterocycles. The molecule has 2 saturated carbocycles. The third-order valence-electron chi connectivity index (χ3n) is 4.77. The van der Waals surface area contributed by atoms with Gasteiger partial charge in [-0.05, 0) is 6.42 Å². The van der Waals surface area contributed by atoms with Gasteiger partial charge in [-0.3, -0.25) is 4.79 Å². The Balaban J connectivity index is 1.81. The Labute approximate surface area is 80.5 Å². The molecule has 5 aliphatic rings. The highest BCUT2D eigenvalue weighted by Gasteiger charge is 2.74. The van der Waals surface area contributed by atoms with Crippen LogP contribution in [0.2, 0.25) is 0 Å². The van der Waals surface area contributed by atoms with Gasteiger partial charge in [-0.15, -0.1) is 0 Å². The minimum Gasteiger partial charge on any atom is -0.341 e. The maximum absolute atomic E-state index is 11.9. The van der Waals surface area contributed by atoms with E-state index < -0.39 is 0 Å². The molecule has 8 unspecified atom stereocenters. The Kier molecular flexibility index (Phi) is 0.888. The lowest BCUT2D eigenvalue weighted by Crippen LogP contribution is -2.39. The van der Waals surface area contributed by atoms with E-state index >= 15 is 0 Å². The third-order valence-corrected chi connectivity index (χ3v) is 4.77. The van der Waals surface area contributed by atoms with Crippen molar-refractivity contribution in [3.8, 4) is 0 Å². The predicted octanol–water partition coefficient (Wildman–Crippen LogP) is -0.0824. The Bertz CT molecular complexity index is 324. The standard InChI is InChI=1S/C10H10O4/c11-6-7-4-2-1-3-5(4)8(6)13-10(3)14-9(2)12-7/h2-5,7-10H,1H2. The molecule has 4 nitrogen and oxygen atoms in total. The predicted molar refractivity (Wildman–Crippen MR) is 42.0 cm³/mol. The zero-order valence-electron chi connectivity index (χ0n) is 7.46. The van der Waals surface area contributed by atoms with Gasteiger partial charge in [-0.25, -0.2) is 0 Å². The first kappa shape index (κ1) is 6.93. The van der Waals surface area contributed by atoms with Gasteiger partial charge >= 0.3 is 0 Å². The summed E-state index contributed by atoms with van der Waals surface area (Å²) in [6.07, 6.45) is 0.436. The van der Waals surface area contributed by atoms with E-state index in [2.05, 4.69) is 0 Å². The highest BCUT2D eigenvalue weighted by atomic mass is 16.8. The van der Waals surface area contributed by atoms with Gasteiger partial charge in [0.15, 0.2) is 18.4 Å². The number of carbonyl (C=O) groups is 1. The molecule has 2 aliphatic carbocycles. The van der Waals surface area contributed by atoms with E-state index in [1.165, 1.54) is 0 Å². The van der Waals surface area contributed by atoms with Crippen LogP contribution in [-0.4, -0.2) is 30.6 Å². The smallest absolute Gasteiger partial charge is 0.191 e. The first-order valence-corrected chi connectivity index (χ1v) is 5.35. The Morgan fingerprint density at radius 2 is 1.50 bits per heavy atom. The average Bonchev–Trinajstić information content (AvgIpc) is 2.79. The Morgan fingerprint density at radius 1 is 0.929 bits per heavy atom. The van der Waals surface area contributed by atoms with E-state index in [0.29, 0.717) is 23.7 Å². The summed E-state index contributed by atoms with van der Waals surface area (Å²) < 4.78 is 17.0. The van der Waals surface area contributed by atoms with Crippen molar-refractivity contribution in [2.24, 2.45) is 23.7 Å². The van der Waals surface area contributed by atoms with Gasteiger partial charge < -0.3 is 14.2 Å². The van der Waals surface area contributed by atoms with Crippen molar-refractivity contribution < 1.29 is 19.0 Å². The fourth-order valence-electron chi connectivity index (χ4n) is 4.38. The largest absolute Gasteiger partial charge is 0.341 e. The van der Waals surface area contributed by atoms with E-state index in [1.807, 2.05) is 0 Å². The van der Waals surface area contributed by atoms with Crippen LogP contribution >= 0.6 is 0 Å². The minimum absolute atomic E-state index is 0.151. The van der Waals surface area contributed by atoms with Gasteiger partial charge in [0.2, 0.25) is 0 Å². The van der Waals surface area contributed by atoms with Crippen LogP contribution in [0.25, 0.3) is 0 Å². The molecule has 4 heteroatoms. The van der Waals surface area contributed by atoms with Crippen molar-refractivity contribution in [2.75, 3.05) is 0 Å². The number of hydrogen-bond acceptors (Lipinski definition) is 4. The van der Waals surface area contributed by atoms with E-state index in [1.54, 1.807) is 0 Å². The molecule has 8 atom stereocenters. The molecular formula is C10H10O4. The van der Waals surface area contributed by atoms with Crippen LogP contribution in [0.15, 0.2) is 0 Å². The molecular weight excluding hydrogens is 184 g/mol. The Morgan fingerprint density at radius 3 is 2.07 bits per heavy atom. The van der Waals surface area contributed by atoms with Gasteiger partial charge in [0.05, 0.1) is 0 Å². The molecule has 0 radical (unpaired) electrons. The second kappa shape index (κ2) is 1.79. The number of hydrogen-bond donors (Lipinski definition) is 0. The molecule has 0 aromatic carbocycles. The summed E-state index contributed by atoms with van der Waals surface area (Å²) in [5.41, 5.74) is 0. The van der Waals surface area contributed by atoms with E-state index in [4.69, 9.17) is 14.2 Å². The van der Waals surface area contributed by atoms with Gasteiger partial charge in [0.25, 0.3) is 0 Å². The molecule has 0 N–H and O–H groups in total. The fourth-order valence-corrected chi connectivity index (χ4v) is 4.38. The maximum atomic E-state index is 11.9. The van der Waals surface area contributed by atoms with Crippen molar-refractivity contribution in [1.29, 1.82) is 0 Å². The van der Waals surface area contributed by atoms with Crippen LogP contribution in [0.4, 0.5) is 0 Å². The average molecular weight is 194 g/mol. The summed E-state index contributed by atoms with van der Waals surface area (Å²) in [5.74, 6) is 1.96. The fraction of sp³-hybridized carbons (Fsp3) is 0.900. The number of ether oxygens (including phenoxy) is 3. The summed E-state index contributed by atoms with van der Waals surface area (Å²) in [6, 6.07) is 0. The van der Waals surface area contributed by atoms with Crippen molar-refractivity contribution in [2.45, 2.75) is 31.2 Å². The van der Waals surface area contributed by atoms with Crippen LogP contribution in [0.1, 0.15) is 6.42 Å². The quantitative estimate of drug-likeness (QED) is 0.541. The molecule has 2 bridgehead atoms. The van der Waals surface area contributed by atoms with Crippen molar-refractivity contribution in [3.63, 3.8) is 0 Å². The summed E-state index contributed by atoms with van der Waals surface area (Å²) in [5, 5.41) is 0. The van der Waals surface area contributed by atoms with Gasteiger partial charge in [0.1, 0.15) is 12.2 Å². The lowest BCUT2D eigenvalue weighted by molar-refractivity contribution is -0.280. The molecule has 5 fully saturated rings. The number of rotatable bonds is 0. The number of Topliss-reactive ketones (excluding diaryl/α,β-unsaturated/α-hetero) is 1. The maximum Gasteiger partial charge on any atom is 0.191 e. The SMILES string of the molecule is O=C1C2OC3OC4OC1C1C4CC3C21. The zero-order chi connectivity index (χ0) is 9.02. The third kappa shape index (κ3) is 0.484. The minimum atomic E-state index is -0.203. The topological polar surface area (TPSA) is 44.8 Å². The number of ketones is 1. The number of carbonyl (C=O) groups excluding carboxylic acids is 1. The molecule has 3 saturated heterocycles. The van der Waals surface area contributed by atoms with Crippen molar-refractivity contribution >= 4 is 5.78 Å². The lowest BCUT2D eigenvalue weighted by atomic mass is 9.91. The molecule has 3 heterocycles. The van der Waals surface area contributed by atoms with Crippen LogP contribution in [0.5, 0.6) is 0 Å². The van der Waals surface area contributed by atoms with E-state index in [9.17, 15) is 4.79 Å². The summed E-state index contributed by atoms with van der Waals surface area (Å²) in [7, 11) is 0. The normalized spacial score (nSPS) is 71.3. The molecule has 74 valence electrons. The highest BCUT2D eigenvalue weighted by Crippen LogP contribution is 2.65. The molecule has 5 rings (SSSR count). The van der Waals surface area contributed by atoms with Crippen LogP contribution in [-0.2, 0) is 19.0 Å². The molecule has 0 aromatic rings. The van der Waals surface area contributed by atoms with Gasteiger partial charge in [-0.1, -0.05) is 0 Å². The van der Waals surface area contributed by atoms with Crippen LogP contribution in [0.3, 0.4) is 0 Å². The first-order chi connectivity index (χ1) is 6.84. The zero-order valence-corrected chi connectivity index (χ0v) is 7.46. The Hall–Kier alpha value is -0.450. The molecule has 0 aromatic heterocycles. The van der Waals surface area contributed by atoms with Crippen molar-refractivity contribution in [1.82, 2.24) is 0 Å². The molecule has 0 spiro atoms. The lowest BCUT2D eigenvalue weighted by Gasteiger charge is -2.31. The van der Waals surface area contributed by atoms with Crippen LogP contribution < -0.4 is 0 Å². The first-order valence-electron chi connectivity index (χ1n) is 5.35. The van der Waals surface area contributed by atoms with E-state index in [0.717, 1.165) is 6.42 Å². The van der Waals surface area contributed by atoms with Gasteiger partial charge in [0, 0.05) is 23.7 Å². The second-order valence-electron chi connectivity index (χ2n) is 5.11. The van der Waals surface area contributed by atoms with Gasteiger partial charge in [-0.2, -0.15) is 0 Å². The second-order valence-corrected chi connectivity index (χ2v) is 5.11. The molecule has 14 heavy (non-hydrogen) atoms. The summed E-state index contributed by atoms with van der Waals surface area (Å²) in [4.78, 5) is 11.9. The van der Waals surface area contributed by atoms with E-state index in [-0.39, 0.29) is 30.6 Å². The van der Waals surface area contributed by atoms with Crippen LogP contribution in [0, 0.1) is 23.7 Å². The van der Waals surface area contributed by atoms with Crippen molar-refractivity contribution in [3.05, 3.63) is 0 Å². The summed E-state index contributed by atoms with van der Waals surface area (Å²) in [6.45, 7) is 0. The molecule has 0 amide bonds. The highest BCUT2D eigenvalue weighted by molar-refractivity contribution is 5.91.